The third-order valence-corrected chi connectivity index (χ3v) is 3.77. The third-order valence-electron chi connectivity index (χ3n) is 3.77. The van der Waals surface area contributed by atoms with Crippen LogP contribution in [0.1, 0.15) is 16.1 Å². The van der Waals surface area contributed by atoms with Crippen LogP contribution in [0, 0.1) is 0 Å². The summed E-state index contributed by atoms with van der Waals surface area (Å²) in [6.07, 6.45) is 1.48. The van der Waals surface area contributed by atoms with Crippen molar-refractivity contribution in [1.82, 2.24) is 15.6 Å². The van der Waals surface area contributed by atoms with E-state index in [4.69, 9.17) is 9.47 Å². The fraction of sp³-hybridized carbons (Fsp3) is 0.105. The maximum atomic E-state index is 12.2. The minimum Gasteiger partial charge on any atom is -0.508 e. The Balaban J connectivity index is 1.69. The van der Waals surface area contributed by atoms with Gasteiger partial charge in [-0.15, -0.1) is 0 Å². The zero-order valence-corrected chi connectivity index (χ0v) is 14.8. The molecule has 2 aromatic carbocycles. The Morgan fingerprint density at radius 1 is 1.11 bits per heavy atom. The van der Waals surface area contributed by atoms with Crippen molar-refractivity contribution >= 4 is 12.1 Å². The number of nitrogens with one attached hydrogen (secondary N) is 2. The predicted octanol–water partition coefficient (Wildman–Crippen LogP) is 2.56. The molecule has 27 heavy (non-hydrogen) atoms. The van der Waals surface area contributed by atoms with Gasteiger partial charge in [0, 0.05) is 5.56 Å². The number of aromatic nitrogens is 2. The number of hydrazone groups is 1. The zero-order valence-electron chi connectivity index (χ0n) is 14.8. The maximum Gasteiger partial charge on any atom is 0.289 e. The quantitative estimate of drug-likeness (QED) is 0.459. The number of hydrogen-bond donors (Lipinski definition) is 3. The van der Waals surface area contributed by atoms with Gasteiger partial charge in [0.05, 0.1) is 26.1 Å². The van der Waals surface area contributed by atoms with Gasteiger partial charge in [-0.05, 0) is 54.1 Å². The molecule has 8 nitrogen and oxygen atoms in total. The number of carbonyl (C=O) groups is 1. The van der Waals surface area contributed by atoms with Gasteiger partial charge in [0.15, 0.2) is 11.5 Å². The van der Waals surface area contributed by atoms with Crippen LogP contribution in [0.3, 0.4) is 0 Å². The summed E-state index contributed by atoms with van der Waals surface area (Å²) in [7, 11) is 3.12. The molecule has 0 saturated carbocycles. The first-order chi connectivity index (χ1) is 13.1. The van der Waals surface area contributed by atoms with E-state index in [-0.39, 0.29) is 11.4 Å². The fourth-order valence-electron chi connectivity index (χ4n) is 2.37. The summed E-state index contributed by atoms with van der Waals surface area (Å²) in [5.41, 5.74) is 4.79. The van der Waals surface area contributed by atoms with Crippen LogP contribution in [-0.2, 0) is 0 Å². The number of benzene rings is 2. The van der Waals surface area contributed by atoms with E-state index in [0.29, 0.717) is 17.2 Å². The molecule has 138 valence electrons. The lowest BCUT2D eigenvalue weighted by molar-refractivity contribution is 0.0950. The highest BCUT2D eigenvalue weighted by atomic mass is 16.5. The number of nitrogens with zero attached hydrogens (tertiary/aromatic N) is 2. The number of H-pyrrole nitrogens is 1. The van der Waals surface area contributed by atoms with Gasteiger partial charge in [-0.2, -0.15) is 10.2 Å². The van der Waals surface area contributed by atoms with Gasteiger partial charge in [0.1, 0.15) is 11.4 Å². The van der Waals surface area contributed by atoms with E-state index in [9.17, 15) is 9.90 Å². The molecule has 0 radical (unpaired) electrons. The SMILES string of the molecule is COc1ccc(-c2cc(C(=O)NN=Cc3ccc(O)cc3)[nH]n2)cc1OC. The molecule has 3 aromatic rings. The van der Waals surface area contributed by atoms with Crippen molar-refractivity contribution in [1.29, 1.82) is 0 Å². The Hall–Kier alpha value is -3.81. The summed E-state index contributed by atoms with van der Waals surface area (Å²) < 4.78 is 10.5. The lowest BCUT2D eigenvalue weighted by Crippen LogP contribution is -2.17. The second-order valence-corrected chi connectivity index (χ2v) is 5.53. The molecule has 8 heteroatoms. The van der Waals surface area contributed by atoms with Crippen LogP contribution in [0.25, 0.3) is 11.3 Å². The van der Waals surface area contributed by atoms with E-state index in [0.717, 1.165) is 11.1 Å². The van der Waals surface area contributed by atoms with E-state index < -0.39 is 5.91 Å². The third kappa shape index (κ3) is 4.24. The van der Waals surface area contributed by atoms with Crippen LogP contribution in [0.2, 0.25) is 0 Å². The molecule has 1 heterocycles. The molecule has 0 spiro atoms. The molecule has 1 amide bonds. The first kappa shape index (κ1) is 18.0. The number of hydrogen-bond acceptors (Lipinski definition) is 6. The highest BCUT2D eigenvalue weighted by Crippen LogP contribution is 2.31. The smallest absolute Gasteiger partial charge is 0.289 e. The summed E-state index contributed by atoms with van der Waals surface area (Å²) >= 11 is 0. The lowest BCUT2D eigenvalue weighted by atomic mass is 10.1. The van der Waals surface area contributed by atoms with E-state index in [1.807, 2.05) is 6.07 Å². The number of carbonyl (C=O) groups excluding carboxylic acids is 1. The highest BCUT2D eigenvalue weighted by molar-refractivity contribution is 5.94. The Morgan fingerprint density at radius 3 is 2.56 bits per heavy atom. The fourth-order valence-corrected chi connectivity index (χ4v) is 2.37. The minimum atomic E-state index is -0.427. The second-order valence-electron chi connectivity index (χ2n) is 5.53. The summed E-state index contributed by atoms with van der Waals surface area (Å²) in [6.45, 7) is 0. The molecule has 0 fully saturated rings. The average Bonchev–Trinajstić information content (AvgIpc) is 3.19. The number of aromatic amines is 1. The molecule has 0 aliphatic heterocycles. The molecule has 3 N–H and O–H groups in total. The number of phenolic OH excluding ortho intramolecular Hbond substituents is 1. The van der Waals surface area contributed by atoms with Gasteiger partial charge in [0.25, 0.3) is 5.91 Å². The number of aromatic hydroxyl groups is 1. The molecule has 0 aliphatic rings. The zero-order chi connectivity index (χ0) is 19.2. The molecular formula is C19H18N4O4. The molecule has 3 rings (SSSR count). The van der Waals surface area contributed by atoms with Crippen molar-refractivity contribution in [3.8, 4) is 28.5 Å². The van der Waals surface area contributed by atoms with Crippen LogP contribution in [0.5, 0.6) is 17.2 Å². The van der Waals surface area contributed by atoms with Crippen molar-refractivity contribution in [2.45, 2.75) is 0 Å². The predicted molar refractivity (Wildman–Crippen MR) is 100 cm³/mol. The van der Waals surface area contributed by atoms with Crippen molar-refractivity contribution < 1.29 is 19.4 Å². The van der Waals surface area contributed by atoms with Gasteiger partial charge in [-0.3, -0.25) is 9.89 Å². The van der Waals surface area contributed by atoms with Gasteiger partial charge in [0.2, 0.25) is 0 Å². The molecular weight excluding hydrogens is 348 g/mol. The lowest BCUT2D eigenvalue weighted by Gasteiger charge is -2.08. The Bertz CT molecular complexity index is 964. The summed E-state index contributed by atoms with van der Waals surface area (Å²) in [4.78, 5) is 12.2. The van der Waals surface area contributed by atoms with Gasteiger partial charge < -0.3 is 14.6 Å². The number of rotatable bonds is 6. The Kier molecular flexibility index (Phi) is 5.36. The van der Waals surface area contributed by atoms with E-state index in [1.54, 1.807) is 44.6 Å². The number of ether oxygens (including phenoxy) is 2. The van der Waals surface area contributed by atoms with E-state index in [2.05, 4.69) is 20.7 Å². The van der Waals surface area contributed by atoms with Crippen molar-refractivity contribution in [3.63, 3.8) is 0 Å². The van der Waals surface area contributed by atoms with Gasteiger partial charge in [-0.25, -0.2) is 5.43 Å². The second kappa shape index (κ2) is 8.05. The topological polar surface area (TPSA) is 109 Å². The first-order valence-electron chi connectivity index (χ1n) is 8.01. The van der Waals surface area contributed by atoms with Crippen LogP contribution in [-0.4, -0.2) is 41.6 Å². The maximum absolute atomic E-state index is 12.2. The number of methoxy groups -OCH3 is 2. The molecule has 1 aromatic heterocycles. The number of phenols is 1. The monoisotopic (exact) mass is 366 g/mol. The van der Waals surface area contributed by atoms with Crippen molar-refractivity contribution in [3.05, 3.63) is 59.8 Å². The van der Waals surface area contributed by atoms with Crippen LogP contribution in [0.15, 0.2) is 53.6 Å². The Morgan fingerprint density at radius 2 is 1.85 bits per heavy atom. The molecule has 0 bridgehead atoms. The van der Waals surface area contributed by atoms with Gasteiger partial charge in [-0.1, -0.05) is 0 Å². The molecule has 0 atom stereocenters. The summed E-state index contributed by atoms with van der Waals surface area (Å²) in [5, 5.41) is 20.0. The molecule has 0 saturated heterocycles. The standard InChI is InChI=1S/C19H18N4O4/c1-26-17-8-5-13(9-18(17)27-2)15-10-16(22-21-15)19(25)23-20-11-12-3-6-14(24)7-4-12/h3-11,24H,1-2H3,(H,21,22)(H,23,25). The van der Waals surface area contributed by atoms with E-state index in [1.165, 1.54) is 18.3 Å². The average molecular weight is 366 g/mol. The van der Waals surface area contributed by atoms with Crippen molar-refractivity contribution in [2.24, 2.45) is 5.10 Å². The van der Waals surface area contributed by atoms with Crippen LogP contribution >= 0.6 is 0 Å². The van der Waals surface area contributed by atoms with E-state index >= 15 is 0 Å². The van der Waals surface area contributed by atoms with Crippen LogP contribution < -0.4 is 14.9 Å². The summed E-state index contributed by atoms with van der Waals surface area (Å²) in [6, 6.07) is 13.4. The normalized spacial score (nSPS) is 10.7. The number of amides is 1. The van der Waals surface area contributed by atoms with Crippen LogP contribution in [0.4, 0.5) is 0 Å². The minimum absolute atomic E-state index is 0.163. The van der Waals surface area contributed by atoms with Gasteiger partial charge >= 0.3 is 0 Å². The Labute approximate surface area is 155 Å². The first-order valence-corrected chi connectivity index (χ1v) is 8.01. The molecule has 0 aliphatic carbocycles. The highest BCUT2D eigenvalue weighted by Gasteiger charge is 2.12. The van der Waals surface area contributed by atoms with Crippen molar-refractivity contribution in [2.75, 3.05) is 14.2 Å². The molecule has 0 unspecified atom stereocenters. The summed E-state index contributed by atoms with van der Waals surface area (Å²) in [5.74, 6) is 0.918. The largest absolute Gasteiger partial charge is 0.508 e.